The van der Waals surface area contributed by atoms with E-state index in [1.54, 1.807) is 10.9 Å². The van der Waals surface area contributed by atoms with E-state index in [1.807, 2.05) is 38.1 Å². The van der Waals surface area contributed by atoms with Crippen LogP contribution in [-0.4, -0.2) is 24.2 Å². The summed E-state index contributed by atoms with van der Waals surface area (Å²) in [6.07, 6.45) is 3.52. The highest BCUT2D eigenvalue weighted by molar-refractivity contribution is 7.89. The first kappa shape index (κ1) is 15.2. The van der Waals surface area contributed by atoms with Crippen LogP contribution in [0.15, 0.2) is 41.6 Å². The molecule has 22 heavy (non-hydrogen) atoms. The van der Waals surface area contributed by atoms with Gasteiger partial charge in [-0.1, -0.05) is 24.3 Å². The molecule has 0 unspecified atom stereocenters. The molecule has 0 bridgehead atoms. The fraction of sp³-hybridized carbons (Fsp3) is 0.400. The summed E-state index contributed by atoms with van der Waals surface area (Å²) in [7, 11) is -3.62. The minimum Gasteiger partial charge on any atom is -0.323 e. The van der Waals surface area contributed by atoms with Gasteiger partial charge < -0.3 is 5.73 Å². The van der Waals surface area contributed by atoms with E-state index in [0.29, 0.717) is 6.42 Å². The molecule has 1 aliphatic carbocycles. The monoisotopic (exact) mass is 320 g/mol. The highest BCUT2D eigenvalue weighted by atomic mass is 32.2. The highest BCUT2D eigenvalue weighted by Gasteiger charge is 2.33. The Balaban J connectivity index is 1.81. The Kier molecular flexibility index (Phi) is 3.80. The molecule has 0 fully saturated rings. The van der Waals surface area contributed by atoms with Crippen LogP contribution in [0, 0.1) is 0 Å². The largest absolute Gasteiger partial charge is 0.323 e. The first-order chi connectivity index (χ1) is 10.4. The second kappa shape index (κ2) is 5.49. The summed E-state index contributed by atoms with van der Waals surface area (Å²) in [6.45, 7) is 3.89. The Morgan fingerprint density at radius 2 is 2.09 bits per heavy atom. The molecule has 3 N–H and O–H groups in total. The Morgan fingerprint density at radius 1 is 1.36 bits per heavy atom. The van der Waals surface area contributed by atoms with Crippen LogP contribution in [0.1, 0.15) is 37.1 Å². The summed E-state index contributed by atoms with van der Waals surface area (Å²) in [5, 5.41) is 4.08. The zero-order valence-electron chi connectivity index (χ0n) is 12.6. The van der Waals surface area contributed by atoms with Crippen molar-refractivity contribution in [3.05, 3.63) is 47.8 Å². The predicted octanol–water partition coefficient (Wildman–Crippen LogP) is 1.37. The van der Waals surface area contributed by atoms with E-state index in [1.165, 1.54) is 6.20 Å². The lowest BCUT2D eigenvalue weighted by Crippen LogP contribution is -2.40. The van der Waals surface area contributed by atoms with Gasteiger partial charge in [0.25, 0.3) is 0 Å². The molecule has 0 saturated heterocycles. The lowest BCUT2D eigenvalue weighted by Gasteiger charge is -2.17. The van der Waals surface area contributed by atoms with Crippen molar-refractivity contribution in [1.82, 2.24) is 14.5 Å². The normalized spacial score (nSPS) is 21.3. The summed E-state index contributed by atoms with van der Waals surface area (Å²) in [4.78, 5) is 0.171. The lowest BCUT2D eigenvalue weighted by atomic mass is 10.1. The number of nitrogens with two attached hydrogens (primary N) is 1. The maximum Gasteiger partial charge on any atom is 0.244 e. The van der Waals surface area contributed by atoms with Gasteiger partial charge in [0, 0.05) is 24.3 Å². The van der Waals surface area contributed by atoms with Crippen molar-refractivity contribution in [2.75, 3.05) is 0 Å². The van der Waals surface area contributed by atoms with Gasteiger partial charge in [-0.05, 0) is 31.4 Å². The Bertz CT molecular complexity index is 782. The first-order valence-electron chi connectivity index (χ1n) is 7.28. The van der Waals surface area contributed by atoms with Crippen molar-refractivity contribution in [3.8, 4) is 0 Å². The summed E-state index contributed by atoms with van der Waals surface area (Å²) < 4.78 is 29.3. The van der Waals surface area contributed by atoms with Crippen LogP contribution in [0.3, 0.4) is 0 Å². The number of benzene rings is 1. The van der Waals surface area contributed by atoms with Crippen LogP contribution in [-0.2, 0) is 16.4 Å². The zero-order valence-corrected chi connectivity index (χ0v) is 13.4. The molecule has 1 aliphatic rings. The molecular weight excluding hydrogens is 300 g/mol. The number of aromatic nitrogens is 2. The number of hydrogen-bond acceptors (Lipinski definition) is 4. The van der Waals surface area contributed by atoms with Gasteiger partial charge in [-0.25, -0.2) is 13.1 Å². The third-order valence-electron chi connectivity index (χ3n) is 4.01. The average molecular weight is 320 g/mol. The number of sulfonamides is 1. The van der Waals surface area contributed by atoms with E-state index in [9.17, 15) is 8.42 Å². The third-order valence-corrected chi connectivity index (χ3v) is 5.46. The third kappa shape index (κ3) is 2.67. The molecule has 0 spiro atoms. The predicted molar refractivity (Wildman–Crippen MR) is 83.8 cm³/mol. The molecule has 1 heterocycles. The second-order valence-electron chi connectivity index (χ2n) is 5.91. The van der Waals surface area contributed by atoms with Crippen LogP contribution in [0.2, 0.25) is 0 Å². The summed E-state index contributed by atoms with van der Waals surface area (Å²) in [5.41, 5.74) is 8.29. The van der Waals surface area contributed by atoms with E-state index >= 15 is 0 Å². The summed E-state index contributed by atoms with van der Waals surface area (Å²) in [6, 6.07) is 7.25. The maximum atomic E-state index is 12.5. The van der Waals surface area contributed by atoms with Crippen LogP contribution < -0.4 is 10.5 Å². The van der Waals surface area contributed by atoms with Gasteiger partial charge in [0.2, 0.25) is 10.0 Å². The van der Waals surface area contributed by atoms with E-state index in [-0.39, 0.29) is 23.0 Å². The zero-order chi connectivity index (χ0) is 15.9. The fourth-order valence-electron chi connectivity index (χ4n) is 2.75. The topological polar surface area (TPSA) is 90.0 Å². The van der Waals surface area contributed by atoms with Crippen LogP contribution in [0.5, 0.6) is 0 Å². The van der Waals surface area contributed by atoms with Gasteiger partial charge in [0.15, 0.2) is 0 Å². The van der Waals surface area contributed by atoms with Gasteiger partial charge in [-0.2, -0.15) is 5.10 Å². The molecule has 3 rings (SSSR count). The number of rotatable bonds is 4. The Labute approximate surface area is 130 Å². The maximum absolute atomic E-state index is 12.5. The number of nitrogens with zero attached hydrogens (tertiary/aromatic N) is 2. The van der Waals surface area contributed by atoms with E-state index < -0.39 is 10.0 Å². The molecule has 1 aromatic heterocycles. The Morgan fingerprint density at radius 3 is 2.73 bits per heavy atom. The summed E-state index contributed by atoms with van der Waals surface area (Å²) in [5.74, 6) is 0. The van der Waals surface area contributed by atoms with Gasteiger partial charge in [-0.15, -0.1) is 0 Å². The minimum absolute atomic E-state index is 0.113. The number of nitrogens with one attached hydrogen (secondary N) is 1. The molecule has 118 valence electrons. The highest BCUT2D eigenvalue weighted by Crippen LogP contribution is 2.30. The van der Waals surface area contributed by atoms with E-state index in [0.717, 1.165) is 11.1 Å². The first-order valence-corrected chi connectivity index (χ1v) is 8.76. The standard InChI is InChI=1S/C15H20N4O2S/c1-10(2)19-9-12(8-17-19)22(20,21)18-14-7-11-5-3-4-6-13(11)15(14)16/h3-6,8-10,14-15,18H,7,16H2,1-2H3/t14-,15-/m1/s1. The molecule has 0 amide bonds. The average Bonchev–Trinajstić information content (AvgIpc) is 3.06. The van der Waals surface area contributed by atoms with Crippen molar-refractivity contribution in [1.29, 1.82) is 0 Å². The Hall–Kier alpha value is -1.70. The van der Waals surface area contributed by atoms with E-state index in [4.69, 9.17) is 5.73 Å². The van der Waals surface area contributed by atoms with Gasteiger partial charge in [-0.3, -0.25) is 4.68 Å². The van der Waals surface area contributed by atoms with Crippen LogP contribution in [0.4, 0.5) is 0 Å². The van der Waals surface area contributed by atoms with Crippen molar-refractivity contribution in [2.45, 2.75) is 43.3 Å². The van der Waals surface area contributed by atoms with Crippen molar-refractivity contribution in [2.24, 2.45) is 5.73 Å². The molecule has 0 aliphatic heterocycles. The van der Waals surface area contributed by atoms with Gasteiger partial charge >= 0.3 is 0 Å². The molecule has 0 radical (unpaired) electrons. The molecule has 2 atom stereocenters. The van der Waals surface area contributed by atoms with Crippen molar-refractivity contribution < 1.29 is 8.42 Å². The van der Waals surface area contributed by atoms with E-state index in [2.05, 4.69) is 9.82 Å². The fourth-order valence-corrected chi connectivity index (χ4v) is 3.95. The van der Waals surface area contributed by atoms with Crippen LogP contribution in [0.25, 0.3) is 0 Å². The second-order valence-corrected chi connectivity index (χ2v) is 7.62. The van der Waals surface area contributed by atoms with Crippen molar-refractivity contribution in [3.63, 3.8) is 0 Å². The number of fused-ring (bicyclic) bond motifs is 1. The number of hydrogen-bond donors (Lipinski definition) is 2. The van der Waals surface area contributed by atoms with Crippen molar-refractivity contribution >= 4 is 10.0 Å². The summed E-state index contributed by atoms with van der Waals surface area (Å²) >= 11 is 0. The molecule has 2 aromatic rings. The quantitative estimate of drug-likeness (QED) is 0.890. The lowest BCUT2D eigenvalue weighted by molar-refractivity contribution is 0.513. The molecule has 0 saturated carbocycles. The molecule has 1 aromatic carbocycles. The minimum atomic E-state index is -3.62. The molecule has 6 nitrogen and oxygen atoms in total. The van der Waals surface area contributed by atoms with Gasteiger partial charge in [0.05, 0.1) is 6.20 Å². The molecular formula is C15H20N4O2S. The van der Waals surface area contributed by atoms with Crippen LogP contribution >= 0.6 is 0 Å². The SMILES string of the molecule is CC(C)n1cc(S(=O)(=O)N[C@@H]2Cc3ccccc3[C@H]2N)cn1. The molecule has 7 heteroatoms. The smallest absolute Gasteiger partial charge is 0.244 e. The van der Waals surface area contributed by atoms with Gasteiger partial charge in [0.1, 0.15) is 4.90 Å².